The second kappa shape index (κ2) is 8.74. The fourth-order valence-corrected chi connectivity index (χ4v) is 4.59. The molecule has 1 N–H and O–H groups in total. The number of anilines is 1. The maximum absolute atomic E-state index is 12.8. The molecule has 31 heavy (non-hydrogen) atoms. The van der Waals surface area contributed by atoms with Crippen molar-refractivity contribution in [3.8, 4) is 5.75 Å². The first kappa shape index (κ1) is 20.8. The van der Waals surface area contributed by atoms with Gasteiger partial charge in [-0.3, -0.25) is 4.79 Å². The summed E-state index contributed by atoms with van der Waals surface area (Å²) in [6, 6.07) is 17.9. The van der Waals surface area contributed by atoms with E-state index in [1.54, 1.807) is 49.6 Å². The number of hydrogen-bond donors (Lipinski definition) is 1. The van der Waals surface area contributed by atoms with Crippen molar-refractivity contribution >= 4 is 38.8 Å². The van der Waals surface area contributed by atoms with E-state index in [-0.39, 0.29) is 21.6 Å². The molecule has 2 aromatic carbocycles. The Kier molecular flexibility index (Phi) is 5.87. The number of carbonyl (C=O) groups is 1. The zero-order valence-electron chi connectivity index (χ0n) is 16.3. The molecular formula is C20H17N5O4S2. The topological polar surface area (TPSA) is 116 Å². The van der Waals surface area contributed by atoms with Gasteiger partial charge in [-0.05, 0) is 48.5 Å². The number of benzene rings is 2. The quantitative estimate of drug-likeness (QED) is 0.423. The van der Waals surface area contributed by atoms with Crippen molar-refractivity contribution in [2.24, 2.45) is 0 Å². The predicted octanol–water partition coefficient (Wildman–Crippen LogP) is 2.70. The van der Waals surface area contributed by atoms with Gasteiger partial charge in [0.1, 0.15) is 5.75 Å². The van der Waals surface area contributed by atoms with Crippen LogP contribution in [0.4, 0.5) is 5.69 Å². The molecule has 0 aliphatic rings. The lowest BCUT2D eigenvalue weighted by molar-refractivity contribution is -0.113. The van der Waals surface area contributed by atoms with Crippen LogP contribution in [0.15, 0.2) is 81.8 Å². The molecule has 0 aliphatic carbocycles. The molecule has 4 rings (SSSR count). The zero-order chi connectivity index (χ0) is 21.8. The summed E-state index contributed by atoms with van der Waals surface area (Å²) in [5, 5.41) is 15.2. The third-order valence-corrected chi connectivity index (χ3v) is 6.83. The van der Waals surface area contributed by atoms with Crippen LogP contribution in [0.25, 0.3) is 5.65 Å². The van der Waals surface area contributed by atoms with Crippen molar-refractivity contribution in [1.29, 1.82) is 0 Å². The molecule has 2 aromatic heterocycles. The standard InChI is InChI=1S/C20H17N5O4S2/c1-29-15-9-7-14(8-10-15)21-18(26)13-30-20-23-22-17-11-12-19(24-25(17)20)31(27,28)16-5-3-2-4-6-16/h2-12H,13H2,1H3,(H,21,26). The molecule has 0 atom stereocenters. The Labute approximate surface area is 182 Å². The third kappa shape index (κ3) is 4.52. The van der Waals surface area contributed by atoms with Gasteiger partial charge in [-0.2, -0.15) is 9.61 Å². The number of fused-ring (bicyclic) bond motifs is 1. The summed E-state index contributed by atoms with van der Waals surface area (Å²) in [7, 11) is -2.22. The van der Waals surface area contributed by atoms with Gasteiger partial charge in [0.15, 0.2) is 10.7 Å². The van der Waals surface area contributed by atoms with Crippen molar-refractivity contribution in [3.63, 3.8) is 0 Å². The van der Waals surface area contributed by atoms with Crippen LogP contribution < -0.4 is 10.1 Å². The van der Waals surface area contributed by atoms with Gasteiger partial charge < -0.3 is 10.1 Å². The minimum Gasteiger partial charge on any atom is -0.497 e. The van der Waals surface area contributed by atoms with Gasteiger partial charge in [0.05, 0.1) is 17.8 Å². The molecule has 4 aromatic rings. The lowest BCUT2D eigenvalue weighted by Crippen LogP contribution is -2.14. The Balaban J connectivity index is 1.50. The molecule has 9 nitrogen and oxygen atoms in total. The number of thioether (sulfide) groups is 1. The molecule has 0 bridgehead atoms. The zero-order valence-corrected chi connectivity index (χ0v) is 17.9. The Morgan fingerprint density at radius 1 is 1.03 bits per heavy atom. The van der Waals surface area contributed by atoms with Crippen LogP contribution in [0.5, 0.6) is 5.75 Å². The van der Waals surface area contributed by atoms with Crippen molar-refractivity contribution in [1.82, 2.24) is 19.8 Å². The summed E-state index contributed by atoms with van der Waals surface area (Å²) in [6.07, 6.45) is 0. The Bertz CT molecular complexity index is 1320. The van der Waals surface area contributed by atoms with E-state index < -0.39 is 9.84 Å². The number of methoxy groups -OCH3 is 1. The lowest BCUT2D eigenvalue weighted by atomic mass is 10.3. The van der Waals surface area contributed by atoms with Gasteiger partial charge in [-0.1, -0.05) is 30.0 Å². The van der Waals surface area contributed by atoms with Gasteiger partial charge in [-0.15, -0.1) is 10.2 Å². The average molecular weight is 456 g/mol. The van der Waals surface area contributed by atoms with Crippen LogP contribution >= 0.6 is 11.8 Å². The van der Waals surface area contributed by atoms with Crippen molar-refractivity contribution in [2.45, 2.75) is 15.1 Å². The van der Waals surface area contributed by atoms with Crippen LogP contribution in [0.2, 0.25) is 0 Å². The highest BCUT2D eigenvalue weighted by molar-refractivity contribution is 7.99. The summed E-state index contributed by atoms with van der Waals surface area (Å²) in [6.45, 7) is 0. The molecular weight excluding hydrogens is 438 g/mol. The molecule has 0 radical (unpaired) electrons. The Morgan fingerprint density at radius 2 is 1.77 bits per heavy atom. The van der Waals surface area contributed by atoms with Gasteiger partial charge in [-0.25, -0.2) is 8.42 Å². The van der Waals surface area contributed by atoms with E-state index in [0.29, 0.717) is 22.2 Å². The maximum Gasteiger partial charge on any atom is 0.234 e. The fraction of sp³-hybridized carbons (Fsp3) is 0.100. The molecule has 0 fully saturated rings. The minimum absolute atomic E-state index is 0.0458. The molecule has 11 heteroatoms. The number of ether oxygens (including phenoxy) is 1. The number of hydrogen-bond acceptors (Lipinski definition) is 8. The van der Waals surface area contributed by atoms with Gasteiger partial charge >= 0.3 is 0 Å². The summed E-state index contributed by atoms with van der Waals surface area (Å²) < 4.78 is 32.1. The maximum atomic E-state index is 12.8. The number of nitrogens with one attached hydrogen (secondary N) is 1. The van der Waals surface area contributed by atoms with E-state index in [0.717, 1.165) is 11.8 Å². The predicted molar refractivity (Wildman–Crippen MR) is 115 cm³/mol. The van der Waals surface area contributed by atoms with Crippen molar-refractivity contribution in [2.75, 3.05) is 18.2 Å². The Morgan fingerprint density at radius 3 is 2.48 bits per heavy atom. The van der Waals surface area contributed by atoms with E-state index in [9.17, 15) is 13.2 Å². The first-order valence-corrected chi connectivity index (χ1v) is 11.5. The van der Waals surface area contributed by atoms with Crippen LogP contribution in [0.1, 0.15) is 0 Å². The van der Waals surface area contributed by atoms with E-state index in [1.165, 1.54) is 28.8 Å². The SMILES string of the molecule is COc1ccc(NC(=O)CSc2nnc3ccc(S(=O)(=O)c4ccccc4)nn23)cc1. The van der Waals surface area contributed by atoms with E-state index >= 15 is 0 Å². The highest BCUT2D eigenvalue weighted by Gasteiger charge is 2.21. The summed E-state index contributed by atoms with van der Waals surface area (Å²) in [5.74, 6) is 0.485. The summed E-state index contributed by atoms with van der Waals surface area (Å²) in [5.41, 5.74) is 1.01. The molecule has 0 saturated carbocycles. The van der Waals surface area contributed by atoms with E-state index in [1.807, 2.05) is 0 Å². The molecule has 158 valence electrons. The second-order valence-electron chi connectivity index (χ2n) is 6.31. The second-order valence-corrected chi connectivity index (χ2v) is 9.15. The number of sulfone groups is 1. The molecule has 0 saturated heterocycles. The number of carbonyl (C=O) groups excluding carboxylic acids is 1. The monoisotopic (exact) mass is 455 g/mol. The molecule has 2 heterocycles. The van der Waals surface area contributed by atoms with Gasteiger partial charge in [0.25, 0.3) is 0 Å². The minimum atomic E-state index is -3.79. The fourth-order valence-electron chi connectivity index (χ4n) is 2.71. The molecule has 0 aliphatic heterocycles. The first-order chi connectivity index (χ1) is 15.0. The smallest absolute Gasteiger partial charge is 0.234 e. The van der Waals surface area contributed by atoms with Crippen LogP contribution in [0.3, 0.4) is 0 Å². The highest BCUT2D eigenvalue weighted by atomic mass is 32.2. The number of nitrogens with zero attached hydrogens (tertiary/aromatic N) is 4. The first-order valence-electron chi connectivity index (χ1n) is 9.07. The van der Waals surface area contributed by atoms with E-state index in [4.69, 9.17) is 4.74 Å². The van der Waals surface area contributed by atoms with Crippen LogP contribution in [0, 0.1) is 0 Å². The largest absolute Gasteiger partial charge is 0.497 e. The molecule has 0 spiro atoms. The molecule has 1 amide bonds. The normalized spacial score (nSPS) is 11.4. The summed E-state index contributed by atoms with van der Waals surface area (Å²) in [4.78, 5) is 12.4. The third-order valence-electron chi connectivity index (χ3n) is 4.24. The number of aromatic nitrogens is 4. The van der Waals surface area contributed by atoms with Gasteiger partial charge in [0, 0.05) is 5.69 Å². The van der Waals surface area contributed by atoms with E-state index in [2.05, 4.69) is 20.6 Å². The van der Waals surface area contributed by atoms with Crippen molar-refractivity contribution in [3.05, 3.63) is 66.7 Å². The Hall–Kier alpha value is -3.44. The number of rotatable bonds is 7. The number of amides is 1. The van der Waals surface area contributed by atoms with Crippen molar-refractivity contribution < 1.29 is 17.9 Å². The van der Waals surface area contributed by atoms with Gasteiger partial charge in [0.2, 0.25) is 20.9 Å². The lowest BCUT2D eigenvalue weighted by Gasteiger charge is -2.06. The highest BCUT2D eigenvalue weighted by Crippen LogP contribution is 2.22. The summed E-state index contributed by atoms with van der Waals surface area (Å²) >= 11 is 1.10. The molecule has 0 unspecified atom stereocenters. The van der Waals surface area contributed by atoms with Crippen LogP contribution in [-0.4, -0.2) is 47.0 Å². The van der Waals surface area contributed by atoms with Crippen LogP contribution in [-0.2, 0) is 14.6 Å². The average Bonchev–Trinajstić information content (AvgIpc) is 3.21.